The molecule has 0 aliphatic carbocycles. The lowest BCUT2D eigenvalue weighted by molar-refractivity contribution is 0.938. The zero-order chi connectivity index (χ0) is 11.5. The summed E-state index contributed by atoms with van der Waals surface area (Å²) in [5.74, 6) is 1.14. The number of thioether (sulfide) groups is 1. The molecular weight excluding hydrogens is 420 g/mol. The molecule has 0 bridgehead atoms. The van der Waals surface area contributed by atoms with Crippen LogP contribution in [-0.2, 0) is 0 Å². The molecule has 16 heavy (non-hydrogen) atoms. The van der Waals surface area contributed by atoms with Gasteiger partial charge in [0.05, 0.1) is 5.69 Å². The summed E-state index contributed by atoms with van der Waals surface area (Å²) in [6, 6.07) is 4.03. The first kappa shape index (κ1) is 12.9. The van der Waals surface area contributed by atoms with Crippen molar-refractivity contribution in [1.29, 1.82) is 0 Å². The molecule has 86 valence electrons. The summed E-state index contributed by atoms with van der Waals surface area (Å²) in [5.41, 5.74) is 1.02. The van der Waals surface area contributed by atoms with Gasteiger partial charge >= 0.3 is 0 Å². The Morgan fingerprint density at radius 2 is 1.88 bits per heavy atom. The third-order valence-corrected chi connectivity index (χ3v) is 4.74. The van der Waals surface area contributed by atoms with Crippen molar-refractivity contribution in [2.45, 2.75) is 6.42 Å². The zero-order valence-corrected chi connectivity index (χ0v) is 13.8. The Labute approximate surface area is 124 Å². The van der Waals surface area contributed by atoms with E-state index in [9.17, 15) is 0 Å². The number of rotatable bonds is 1. The molecule has 0 atom stereocenters. The van der Waals surface area contributed by atoms with Crippen LogP contribution in [0, 0.1) is 0 Å². The normalized spacial score (nSPS) is 15.8. The third-order valence-electron chi connectivity index (χ3n) is 2.04. The van der Waals surface area contributed by atoms with Crippen LogP contribution in [0.5, 0.6) is 0 Å². The van der Waals surface area contributed by atoms with Crippen LogP contribution in [0.15, 0.2) is 30.5 Å². The average molecular weight is 429 g/mol. The number of aliphatic imine (C=N–C) groups is 1. The quantitative estimate of drug-likeness (QED) is 0.689. The molecule has 0 spiro atoms. The molecule has 1 aromatic rings. The van der Waals surface area contributed by atoms with Gasteiger partial charge in [0.15, 0.2) is 5.17 Å². The van der Waals surface area contributed by atoms with Gasteiger partial charge in [-0.25, -0.2) is 0 Å². The van der Waals surface area contributed by atoms with Crippen molar-refractivity contribution in [2.75, 3.05) is 17.6 Å². The summed E-state index contributed by atoms with van der Waals surface area (Å²) in [6.45, 7) is 0.918. The van der Waals surface area contributed by atoms with Crippen molar-refractivity contribution >= 4 is 70.4 Å². The highest BCUT2D eigenvalue weighted by molar-refractivity contribution is 9.11. The van der Waals surface area contributed by atoms with Crippen LogP contribution in [0.25, 0.3) is 0 Å². The van der Waals surface area contributed by atoms with Crippen molar-refractivity contribution < 1.29 is 0 Å². The molecule has 2 rings (SSSR count). The van der Waals surface area contributed by atoms with E-state index in [-0.39, 0.29) is 0 Å². The Kier molecular flexibility index (Phi) is 4.76. The molecule has 0 saturated carbocycles. The zero-order valence-electron chi connectivity index (χ0n) is 8.27. The summed E-state index contributed by atoms with van der Waals surface area (Å²) in [4.78, 5) is 4.44. The second-order valence-electron chi connectivity index (χ2n) is 3.26. The molecule has 1 aliphatic heterocycles. The minimum atomic E-state index is 0.918. The van der Waals surface area contributed by atoms with Crippen LogP contribution in [-0.4, -0.2) is 17.5 Å². The Balaban J connectivity index is 2.24. The van der Waals surface area contributed by atoms with Gasteiger partial charge in [0.1, 0.15) is 0 Å². The molecule has 6 heteroatoms. The fourth-order valence-corrected chi connectivity index (χ4v) is 4.58. The number of hydrogen-bond donors (Lipinski definition) is 1. The number of benzene rings is 1. The predicted octanol–water partition coefficient (Wildman–Crippen LogP) is 4.88. The molecule has 0 fully saturated rings. The number of hydrogen-bond acceptors (Lipinski definition) is 3. The molecule has 0 saturated heterocycles. The highest BCUT2D eigenvalue weighted by atomic mass is 79.9. The minimum Gasteiger partial charge on any atom is -0.333 e. The maximum Gasteiger partial charge on any atom is 0.161 e. The fraction of sp³-hybridized carbons (Fsp3) is 0.300. The number of halogens is 3. The summed E-state index contributed by atoms with van der Waals surface area (Å²) in [6.07, 6.45) is 1.17. The number of amidine groups is 1. The molecule has 0 aromatic heterocycles. The molecule has 1 aliphatic rings. The van der Waals surface area contributed by atoms with Gasteiger partial charge in [-0.1, -0.05) is 27.7 Å². The van der Waals surface area contributed by atoms with E-state index in [0.29, 0.717) is 0 Å². The standard InChI is InChI=1S/C10H9Br3N2S/c11-6-4-7(12)9(8(13)5-6)15-10-14-2-1-3-16-10/h4-5H,1-3H2,(H,14,15). The predicted molar refractivity (Wildman–Crippen MR) is 82.5 cm³/mol. The number of nitrogens with one attached hydrogen (secondary N) is 1. The van der Waals surface area contributed by atoms with E-state index >= 15 is 0 Å². The summed E-state index contributed by atoms with van der Waals surface area (Å²) < 4.78 is 3.07. The van der Waals surface area contributed by atoms with Gasteiger partial charge in [0.25, 0.3) is 0 Å². The topological polar surface area (TPSA) is 24.4 Å². The van der Waals surface area contributed by atoms with E-state index in [0.717, 1.165) is 36.6 Å². The van der Waals surface area contributed by atoms with Gasteiger partial charge in [-0.15, -0.1) is 0 Å². The first-order chi connectivity index (χ1) is 7.66. The van der Waals surface area contributed by atoms with Gasteiger partial charge in [-0.2, -0.15) is 0 Å². The van der Waals surface area contributed by atoms with Gasteiger partial charge in [0, 0.05) is 25.7 Å². The number of anilines is 1. The van der Waals surface area contributed by atoms with Gasteiger partial charge in [-0.05, 0) is 50.4 Å². The summed E-state index contributed by atoms with van der Waals surface area (Å²) in [7, 11) is 0. The van der Waals surface area contributed by atoms with Crippen LogP contribution < -0.4 is 5.32 Å². The Morgan fingerprint density at radius 1 is 1.19 bits per heavy atom. The maximum atomic E-state index is 4.44. The first-order valence-electron chi connectivity index (χ1n) is 4.75. The SMILES string of the molecule is Brc1cc(Br)c(NC2=NCCCS2)c(Br)c1. The monoisotopic (exact) mass is 426 g/mol. The third kappa shape index (κ3) is 3.24. The van der Waals surface area contributed by atoms with Crippen molar-refractivity contribution in [2.24, 2.45) is 4.99 Å². The molecule has 0 amide bonds. The second kappa shape index (κ2) is 5.89. The average Bonchev–Trinajstić information content (AvgIpc) is 2.25. The second-order valence-corrected chi connectivity index (χ2v) is 6.97. The molecule has 0 radical (unpaired) electrons. The Bertz CT molecular complexity index is 411. The van der Waals surface area contributed by atoms with Crippen molar-refractivity contribution in [3.05, 3.63) is 25.6 Å². The molecule has 1 heterocycles. The fourth-order valence-electron chi connectivity index (χ4n) is 1.30. The van der Waals surface area contributed by atoms with Crippen LogP contribution in [0.3, 0.4) is 0 Å². The Morgan fingerprint density at radius 3 is 2.44 bits per heavy atom. The van der Waals surface area contributed by atoms with E-state index in [2.05, 4.69) is 58.1 Å². The minimum absolute atomic E-state index is 0.918. The van der Waals surface area contributed by atoms with Gasteiger partial charge in [0.2, 0.25) is 0 Å². The smallest absolute Gasteiger partial charge is 0.161 e. The summed E-state index contributed by atoms with van der Waals surface area (Å²) >= 11 is 12.3. The molecule has 1 N–H and O–H groups in total. The van der Waals surface area contributed by atoms with E-state index in [1.165, 1.54) is 6.42 Å². The van der Waals surface area contributed by atoms with Crippen LogP contribution >= 0.6 is 59.6 Å². The van der Waals surface area contributed by atoms with E-state index in [4.69, 9.17) is 0 Å². The van der Waals surface area contributed by atoms with Crippen molar-refractivity contribution in [1.82, 2.24) is 0 Å². The summed E-state index contributed by atoms with van der Waals surface area (Å²) in [5, 5.41) is 4.34. The lowest BCUT2D eigenvalue weighted by Crippen LogP contribution is -2.14. The van der Waals surface area contributed by atoms with E-state index in [1.54, 1.807) is 11.8 Å². The molecule has 1 aromatic carbocycles. The van der Waals surface area contributed by atoms with Gasteiger partial charge < -0.3 is 5.32 Å². The van der Waals surface area contributed by atoms with Crippen molar-refractivity contribution in [3.8, 4) is 0 Å². The highest BCUT2D eigenvalue weighted by Gasteiger charge is 2.11. The van der Waals surface area contributed by atoms with Crippen LogP contribution in [0.1, 0.15) is 6.42 Å². The van der Waals surface area contributed by atoms with Crippen LogP contribution in [0.4, 0.5) is 5.69 Å². The van der Waals surface area contributed by atoms with E-state index < -0.39 is 0 Å². The highest BCUT2D eigenvalue weighted by Crippen LogP contribution is 2.35. The van der Waals surface area contributed by atoms with Gasteiger partial charge in [-0.3, -0.25) is 4.99 Å². The first-order valence-corrected chi connectivity index (χ1v) is 8.12. The maximum absolute atomic E-state index is 4.44. The Hall–Kier alpha value is 0.480. The molecule has 0 unspecified atom stereocenters. The number of nitrogens with zero attached hydrogens (tertiary/aromatic N) is 1. The molecule has 2 nitrogen and oxygen atoms in total. The lowest BCUT2D eigenvalue weighted by atomic mass is 10.3. The molecular formula is C10H9Br3N2S. The van der Waals surface area contributed by atoms with Crippen LogP contribution in [0.2, 0.25) is 0 Å². The largest absolute Gasteiger partial charge is 0.333 e. The lowest BCUT2D eigenvalue weighted by Gasteiger charge is -2.15. The van der Waals surface area contributed by atoms with Crippen molar-refractivity contribution in [3.63, 3.8) is 0 Å². The van der Waals surface area contributed by atoms with E-state index in [1.807, 2.05) is 12.1 Å².